The lowest BCUT2D eigenvalue weighted by molar-refractivity contribution is -0.134. The fourth-order valence-corrected chi connectivity index (χ4v) is 3.13. The van der Waals surface area contributed by atoms with Crippen LogP contribution in [0.4, 0.5) is 0 Å². The molecule has 0 spiro atoms. The average molecular weight is 362 g/mol. The van der Waals surface area contributed by atoms with Crippen LogP contribution in [-0.4, -0.2) is 64.9 Å². The molecule has 3 N–H and O–H groups in total. The number of carbonyl (C=O) groups is 2. The molecule has 4 atom stereocenters. The number of benzene rings is 1. The van der Waals surface area contributed by atoms with Crippen LogP contribution in [0.25, 0.3) is 0 Å². The number of hydrogen-bond donors (Lipinski definition) is 3. The highest BCUT2D eigenvalue weighted by molar-refractivity contribution is 5.80. The monoisotopic (exact) mass is 362 g/mol. The molecule has 1 saturated heterocycles. The third kappa shape index (κ3) is 4.60. The van der Waals surface area contributed by atoms with Gasteiger partial charge in [-0.25, -0.2) is 0 Å². The minimum atomic E-state index is -1.15. The summed E-state index contributed by atoms with van der Waals surface area (Å²) in [5.41, 5.74) is 1.01. The summed E-state index contributed by atoms with van der Waals surface area (Å²) in [6.45, 7) is 0.601. The van der Waals surface area contributed by atoms with Crippen molar-refractivity contribution in [2.45, 2.75) is 50.2 Å². The summed E-state index contributed by atoms with van der Waals surface area (Å²) < 4.78 is 5.65. The van der Waals surface area contributed by atoms with E-state index in [1.807, 2.05) is 30.3 Å². The number of aliphatic hydroxyl groups is 2. The summed E-state index contributed by atoms with van der Waals surface area (Å²) in [5.74, 6) is -0.146. The standard InChI is InChI=1S/C19H26N2O5/c1-21(11-12-5-3-2-4-6-12)16(22)9-14-17(23)18(24)15(26-14)10-20-19(25)13-7-8-13/h2-6,13-15,17-18,23-24H,7-11H2,1H3,(H,20,25)/t14-,15-,17+,18-/m1/s1. The number of nitrogens with zero attached hydrogens (tertiary/aromatic N) is 1. The van der Waals surface area contributed by atoms with Gasteiger partial charge >= 0.3 is 0 Å². The molecule has 3 rings (SSSR count). The Labute approximate surface area is 152 Å². The highest BCUT2D eigenvalue weighted by atomic mass is 16.5. The first-order valence-corrected chi connectivity index (χ1v) is 9.03. The zero-order valence-electron chi connectivity index (χ0n) is 14.9. The summed E-state index contributed by atoms with van der Waals surface area (Å²) in [4.78, 5) is 25.7. The lowest BCUT2D eigenvalue weighted by Gasteiger charge is -2.21. The third-order valence-corrected chi connectivity index (χ3v) is 4.95. The molecule has 1 heterocycles. The predicted molar refractivity (Wildman–Crippen MR) is 93.9 cm³/mol. The quantitative estimate of drug-likeness (QED) is 0.637. The van der Waals surface area contributed by atoms with Gasteiger partial charge in [-0.05, 0) is 18.4 Å². The summed E-state index contributed by atoms with van der Waals surface area (Å²) in [5, 5.41) is 23.0. The van der Waals surface area contributed by atoms with Crippen LogP contribution in [0.2, 0.25) is 0 Å². The number of amides is 2. The van der Waals surface area contributed by atoms with Gasteiger partial charge in [0.05, 0.1) is 12.5 Å². The maximum absolute atomic E-state index is 12.4. The number of aliphatic hydroxyl groups excluding tert-OH is 2. The fourth-order valence-electron chi connectivity index (χ4n) is 3.13. The van der Waals surface area contributed by atoms with Crippen molar-refractivity contribution in [1.82, 2.24) is 10.2 Å². The highest BCUT2D eigenvalue weighted by Crippen LogP contribution is 2.29. The molecule has 142 valence electrons. The summed E-state index contributed by atoms with van der Waals surface area (Å²) in [6, 6.07) is 9.61. The van der Waals surface area contributed by atoms with Crippen LogP contribution in [0.5, 0.6) is 0 Å². The number of nitrogens with one attached hydrogen (secondary N) is 1. The predicted octanol–water partition coefficient (Wildman–Crippen LogP) is 0.0505. The van der Waals surface area contributed by atoms with Crippen molar-refractivity contribution in [3.05, 3.63) is 35.9 Å². The van der Waals surface area contributed by atoms with Crippen LogP contribution in [0.15, 0.2) is 30.3 Å². The Morgan fingerprint density at radius 2 is 1.81 bits per heavy atom. The Hall–Kier alpha value is -1.96. The van der Waals surface area contributed by atoms with E-state index in [2.05, 4.69) is 5.32 Å². The maximum Gasteiger partial charge on any atom is 0.225 e. The molecule has 2 amide bonds. The van der Waals surface area contributed by atoms with Crippen molar-refractivity contribution in [2.24, 2.45) is 5.92 Å². The molecule has 26 heavy (non-hydrogen) atoms. The minimum Gasteiger partial charge on any atom is -0.388 e. The molecule has 7 nitrogen and oxygen atoms in total. The molecule has 7 heteroatoms. The SMILES string of the molecule is CN(Cc1ccccc1)C(=O)C[C@H]1O[C@H](CNC(=O)C2CC2)[C@@H](O)[C@H]1O. The Morgan fingerprint density at radius 1 is 1.15 bits per heavy atom. The second-order valence-electron chi connectivity index (χ2n) is 7.15. The first-order chi connectivity index (χ1) is 12.5. The Kier molecular flexibility index (Phi) is 5.90. The van der Waals surface area contributed by atoms with E-state index in [0.29, 0.717) is 6.54 Å². The van der Waals surface area contributed by atoms with Gasteiger partial charge in [0.2, 0.25) is 11.8 Å². The highest BCUT2D eigenvalue weighted by Gasteiger charge is 2.44. The molecule has 1 aromatic carbocycles. The van der Waals surface area contributed by atoms with Crippen molar-refractivity contribution < 1.29 is 24.5 Å². The average Bonchev–Trinajstić information content (AvgIpc) is 3.45. The first-order valence-electron chi connectivity index (χ1n) is 9.03. The van der Waals surface area contributed by atoms with Crippen LogP contribution in [0, 0.1) is 5.92 Å². The third-order valence-electron chi connectivity index (χ3n) is 4.95. The number of rotatable bonds is 7. The molecule has 0 radical (unpaired) electrons. The molecule has 1 aliphatic carbocycles. The fraction of sp³-hybridized carbons (Fsp3) is 0.579. The van der Waals surface area contributed by atoms with Crippen molar-refractivity contribution in [3.63, 3.8) is 0 Å². The van der Waals surface area contributed by atoms with Crippen LogP contribution >= 0.6 is 0 Å². The number of carbonyl (C=O) groups excluding carboxylic acids is 2. The van der Waals surface area contributed by atoms with E-state index in [1.54, 1.807) is 11.9 Å². The molecule has 0 aromatic heterocycles. The number of ether oxygens (including phenoxy) is 1. The molecular weight excluding hydrogens is 336 g/mol. The van der Waals surface area contributed by atoms with Gasteiger partial charge in [-0.2, -0.15) is 0 Å². The summed E-state index contributed by atoms with van der Waals surface area (Å²) in [7, 11) is 1.69. The zero-order chi connectivity index (χ0) is 18.7. The van der Waals surface area contributed by atoms with E-state index in [-0.39, 0.29) is 30.7 Å². The Bertz CT molecular complexity index is 634. The largest absolute Gasteiger partial charge is 0.388 e. The van der Waals surface area contributed by atoms with Gasteiger partial charge < -0.3 is 25.2 Å². The molecular formula is C19H26N2O5. The van der Waals surface area contributed by atoms with Crippen molar-refractivity contribution >= 4 is 11.8 Å². The molecule has 2 fully saturated rings. The Morgan fingerprint density at radius 3 is 2.46 bits per heavy atom. The van der Waals surface area contributed by atoms with Gasteiger partial charge in [0.25, 0.3) is 0 Å². The zero-order valence-corrected chi connectivity index (χ0v) is 14.9. The van der Waals surface area contributed by atoms with Gasteiger partial charge in [-0.3, -0.25) is 9.59 Å². The van der Waals surface area contributed by atoms with E-state index in [4.69, 9.17) is 4.74 Å². The van der Waals surface area contributed by atoms with E-state index in [1.165, 1.54) is 0 Å². The Balaban J connectivity index is 1.48. The normalized spacial score (nSPS) is 28.0. The molecule has 0 unspecified atom stereocenters. The van der Waals surface area contributed by atoms with Crippen molar-refractivity contribution in [2.75, 3.05) is 13.6 Å². The smallest absolute Gasteiger partial charge is 0.225 e. The summed E-state index contributed by atoms with van der Waals surface area (Å²) >= 11 is 0. The minimum absolute atomic E-state index is 0.0192. The second-order valence-corrected chi connectivity index (χ2v) is 7.15. The van der Waals surface area contributed by atoms with Crippen LogP contribution in [0.1, 0.15) is 24.8 Å². The molecule has 1 aliphatic heterocycles. The molecule has 1 saturated carbocycles. The van der Waals surface area contributed by atoms with E-state index >= 15 is 0 Å². The topological polar surface area (TPSA) is 99.1 Å². The second kappa shape index (κ2) is 8.16. The van der Waals surface area contributed by atoms with Gasteiger partial charge in [0.1, 0.15) is 18.3 Å². The maximum atomic E-state index is 12.4. The lowest BCUT2D eigenvalue weighted by atomic mass is 10.0. The first kappa shape index (κ1) is 18.8. The van der Waals surface area contributed by atoms with Crippen LogP contribution < -0.4 is 5.32 Å². The van der Waals surface area contributed by atoms with E-state index in [9.17, 15) is 19.8 Å². The van der Waals surface area contributed by atoms with Gasteiger partial charge in [-0.1, -0.05) is 30.3 Å². The lowest BCUT2D eigenvalue weighted by Crippen LogP contribution is -2.40. The van der Waals surface area contributed by atoms with Gasteiger partial charge in [-0.15, -0.1) is 0 Å². The molecule has 0 bridgehead atoms. The van der Waals surface area contributed by atoms with Gasteiger partial charge in [0, 0.05) is 26.1 Å². The van der Waals surface area contributed by atoms with Crippen LogP contribution in [-0.2, 0) is 20.9 Å². The van der Waals surface area contributed by atoms with E-state index in [0.717, 1.165) is 18.4 Å². The van der Waals surface area contributed by atoms with Crippen molar-refractivity contribution in [3.8, 4) is 0 Å². The molecule has 1 aromatic rings. The van der Waals surface area contributed by atoms with Gasteiger partial charge in [0.15, 0.2) is 0 Å². The molecule has 2 aliphatic rings. The van der Waals surface area contributed by atoms with Crippen molar-refractivity contribution in [1.29, 1.82) is 0 Å². The van der Waals surface area contributed by atoms with Crippen LogP contribution in [0.3, 0.4) is 0 Å². The van der Waals surface area contributed by atoms with E-state index < -0.39 is 24.4 Å². The number of hydrogen-bond acceptors (Lipinski definition) is 5. The summed E-state index contributed by atoms with van der Waals surface area (Å²) in [6.07, 6.45) is -1.97.